The van der Waals surface area contributed by atoms with Crippen LogP contribution in [0.15, 0.2) is 18.2 Å². The molecule has 1 saturated heterocycles. The van der Waals surface area contributed by atoms with E-state index in [-0.39, 0.29) is 13.0 Å². The van der Waals surface area contributed by atoms with Gasteiger partial charge in [-0.05, 0) is 17.7 Å². The second kappa shape index (κ2) is 5.78. The van der Waals surface area contributed by atoms with Crippen molar-refractivity contribution in [1.29, 1.82) is 0 Å². The van der Waals surface area contributed by atoms with Crippen LogP contribution >= 0.6 is 11.6 Å². The number of primary amides is 1. The Morgan fingerprint density at radius 2 is 2.15 bits per heavy atom. The summed E-state index contributed by atoms with van der Waals surface area (Å²) in [5.41, 5.74) is 6.15. The number of nitrogens with zero attached hydrogens (tertiary/aromatic N) is 1. The third kappa shape index (κ3) is 3.09. The van der Waals surface area contributed by atoms with Gasteiger partial charge in [0.1, 0.15) is 6.04 Å². The number of carbonyl (C=O) groups excluding carboxylic acids is 1. The molecule has 7 heteroatoms. The first kappa shape index (κ1) is 14.8. The number of carboxylic acids is 1. The zero-order valence-electron chi connectivity index (χ0n) is 10.6. The number of rotatable bonds is 4. The van der Waals surface area contributed by atoms with Crippen LogP contribution in [0.4, 0.5) is 0 Å². The summed E-state index contributed by atoms with van der Waals surface area (Å²) in [6.07, 6.45) is -0.452. The summed E-state index contributed by atoms with van der Waals surface area (Å²) >= 11 is 6.07. The van der Waals surface area contributed by atoms with Crippen molar-refractivity contribution in [1.82, 2.24) is 4.90 Å². The molecule has 1 fully saturated rings. The molecule has 4 N–H and O–H groups in total. The molecule has 2 unspecified atom stereocenters. The largest absolute Gasteiger partial charge is 0.480 e. The van der Waals surface area contributed by atoms with Crippen molar-refractivity contribution in [2.45, 2.75) is 25.1 Å². The SMILES string of the molecule is NC(=O)c1ccc(CN2CC(O)CC2C(=O)O)c(Cl)c1. The molecular formula is C13H15ClN2O4. The molecule has 2 rings (SSSR count). The Labute approximate surface area is 120 Å². The molecule has 6 nitrogen and oxygen atoms in total. The Bertz CT molecular complexity index is 549. The van der Waals surface area contributed by atoms with E-state index in [1.165, 1.54) is 6.07 Å². The maximum atomic E-state index is 11.1. The number of benzene rings is 1. The number of aliphatic hydroxyl groups excluding tert-OH is 1. The lowest BCUT2D eigenvalue weighted by atomic mass is 10.1. The maximum Gasteiger partial charge on any atom is 0.321 e. The number of β-amino-alcohol motifs (C(OH)–C–C–N with tert-alkyl or cyclic N) is 1. The van der Waals surface area contributed by atoms with Gasteiger partial charge in [-0.3, -0.25) is 14.5 Å². The number of carbonyl (C=O) groups is 2. The first-order valence-electron chi connectivity index (χ1n) is 6.11. The van der Waals surface area contributed by atoms with Crippen LogP contribution < -0.4 is 5.73 Å². The highest BCUT2D eigenvalue weighted by Gasteiger charge is 2.36. The topological polar surface area (TPSA) is 104 Å². The number of carboxylic acid groups (broad SMARTS) is 1. The molecule has 0 bridgehead atoms. The zero-order chi connectivity index (χ0) is 14.9. The fraction of sp³-hybridized carbons (Fsp3) is 0.385. The van der Waals surface area contributed by atoms with E-state index in [1.807, 2.05) is 0 Å². The summed E-state index contributed by atoms with van der Waals surface area (Å²) in [6, 6.07) is 3.93. The van der Waals surface area contributed by atoms with E-state index in [0.717, 1.165) is 0 Å². The lowest BCUT2D eigenvalue weighted by molar-refractivity contribution is -0.142. The Morgan fingerprint density at radius 1 is 1.45 bits per heavy atom. The smallest absolute Gasteiger partial charge is 0.321 e. The van der Waals surface area contributed by atoms with E-state index in [1.54, 1.807) is 17.0 Å². The van der Waals surface area contributed by atoms with Crippen molar-refractivity contribution in [3.63, 3.8) is 0 Å². The van der Waals surface area contributed by atoms with Gasteiger partial charge in [-0.15, -0.1) is 0 Å². The standard InChI is InChI=1S/C13H15ClN2O4/c14-10-3-7(12(15)18)1-2-8(10)5-16-6-9(17)4-11(16)13(19)20/h1-3,9,11,17H,4-6H2,(H2,15,18)(H,19,20). The normalized spacial score (nSPS) is 22.9. The van der Waals surface area contributed by atoms with Crippen LogP contribution in [0.5, 0.6) is 0 Å². The van der Waals surface area contributed by atoms with Gasteiger partial charge in [0.25, 0.3) is 0 Å². The van der Waals surface area contributed by atoms with E-state index < -0.39 is 24.0 Å². The van der Waals surface area contributed by atoms with Gasteiger partial charge >= 0.3 is 5.97 Å². The molecule has 1 aromatic carbocycles. The highest BCUT2D eigenvalue weighted by atomic mass is 35.5. The number of hydrogen-bond acceptors (Lipinski definition) is 4. The highest BCUT2D eigenvalue weighted by molar-refractivity contribution is 6.31. The molecule has 20 heavy (non-hydrogen) atoms. The minimum atomic E-state index is -0.966. The lowest BCUT2D eigenvalue weighted by Gasteiger charge is -2.21. The molecule has 2 atom stereocenters. The van der Waals surface area contributed by atoms with E-state index in [2.05, 4.69) is 0 Å². The number of hydrogen-bond donors (Lipinski definition) is 3. The average molecular weight is 299 g/mol. The molecule has 1 aliphatic rings. The molecule has 0 spiro atoms. The van der Waals surface area contributed by atoms with Crippen molar-refractivity contribution in [2.24, 2.45) is 5.73 Å². The molecule has 0 aliphatic carbocycles. The van der Waals surface area contributed by atoms with Crippen LogP contribution in [0.2, 0.25) is 5.02 Å². The molecule has 1 aromatic rings. The van der Waals surface area contributed by atoms with Crippen LogP contribution in [0.1, 0.15) is 22.3 Å². The third-order valence-corrected chi connectivity index (χ3v) is 3.73. The van der Waals surface area contributed by atoms with Gasteiger partial charge in [-0.25, -0.2) is 0 Å². The second-order valence-corrected chi connectivity index (χ2v) is 5.25. The monoisotopic (exact) mass is 298 g/mol. The first-order valence-corrected chi connectivity index (χ1v) is 6.49. The lowest BCUT2D eigenvalue weighted by Crippen LogP contribution is -2.35. The molecule has 1 aliphatic heterocycles. The van der Waals surface area contributed by atoms with Crippen molar-refractivity contribution in [3.05, 3.63) is 34.3 Å². The Balaban J connectivity index is 2.17. The zero-order valence-corrected chi connectivity index (χ0v) is 11.4. The van der Waals surface area contributed by atoms with E-state index in [4.69, 9.17) is 22.4 Å². The number of aliphatic carboxylic acids is 1. The summed E-state index contributed by atoms with van der Waals surface area (Å²) < 4.78 is 0. The molecule has 108 valence electrons. The van der Waals surface area contributed by atoms with Gasteiger partial charge in [0.2, 0.25) is 5.91 Å². The Kier molecular flexibility index (Phi) is 4.27. The highest BCUT2D eigenvalue weighted by Crippen LogP contribution is 2.25. The summed E-state index contributed by atoms with van der Waals surface area (Å²) in [6.45, 7) is 0.580. The number of nitrogens with two attached hydrogens (primary N) is 1. The molecule has 0 aromatic heterocycles. The minimum absolute atomic E-state index is 0.201. The summed E-state index contributed by atoms with van der Waals surface area (Å²) in [5, 5.41) is 19.1. The summed E-state index contributed by atoms with van der Waals surface area (Å²) in [7, 11) is 0. The van der Waals surface area contributed by atoms with Crippen LogP contribution in [-0.4, -0.2) is 45.7 Å². The summed E-state index contributed by atoms with van der Waals surface area (Å²) in [4.78, 5) is 23.8. The van der Waals surface area contributed by atoms with Gasteiger partial charge in [-0.1, -0.05) is 17.7 Å². The van der Waals surface area contributed by atoms with Crippen molar-refractivity contribution in [2.75, 3.05) is 6.54 Å². The van der Waals surface area contributed by atoms with Crippen molar-refractivity contribution in [3.8, 4) is 0 Å². The number of halogens is 1. The first-order chi connectivity index (χ1) is 9.38. The van der Waals surface area contributed by atoms with Gasteiger partial charge in [0.05, 0.1) is 6.10 Å². The average Bonchev–Trinajstić information content (AvgIpc) is 2.73. The molecule has 1 amide bonds. The van der Waals surface area contributed by atoms with Crippen LogP contribution in [0, 0.1) is 0 Å². The number of amides is 1. The van der Waals surface area contributed by atoms with Gasteiger partial charge in [-0.2, -0.15) is 0 Å². The molecule has 0 saturated carbocycles. The predicted octanol–water partition coefficient (Wildman–Crippen LogP) is 0.459. The minimum Gasteiger partial charge on any atom is -0.480 e. The van der Waals surface area contributed by atoms with Crippen LogP contribution in [0.25, 0.3) is 0 Å². The van der Waals surface area contributed by atoms with Crippen molar-refractivity contribution >= 4 is 23.5 Å². The van der Waals surface area contributed by atoms with Gasteiger partial charge < -0.3 is 15.9 Å². The molecular weight excluding hydrogens is 284 g/mol. The quantitative estimate of drug-likeness (QED) is 0.749. The summed E-state index contributed by atoms with van der Waals surface area (Å²) in [5.74, 6) is -1.54. The van der Waals surface area contributed by atoms with Gasteiger partial charge in [0, 0.05) is 30.1 Å². The van der Waals surface area contributed by atoms with Crippen molar-refractivity contribution < 1.29 is 19.8 Å². The van der Waals surface area contributed by atoms with E-state index in [9.17, 15) is 14.7 Å². The third-order valence-electron chi connectivity index (χ3n) is 3.38. The Morgan fingerprint density at radius 3 is 2.70 bits per heavy atom. The molecule has 0 radical (unpaired) electrons. The number of likely N-dealkylation sites (tertiary alicyclic amines) is 1. The fourth-order valence-electron chi connectivity index (χ4n) is 2.36. The van der Waals surface area contributed by atoms with E-state index >= 15 is 0 Å². The predicted molar refractivity (Wildman–Crippen MR) is 72.4 cm³/mol. The van der Waals surface area contributed by atoms with Gasteiger partial charge in [0.15, 0.2) is 0 Å². The maximum absolute atomic E-state index is 11.1. The van der Waals surface area contributed by atoms with Crippen LogP contribution in [-0.2, 0) is 11.3 Å². The van der Waals surface area contributed by atoms with Crippen LogP contribution in [0.3, 0.4) is 0 Å². The van der Waals surface area contributed by atoms with E-state index in [0.29, 0.717) is 22.7 Å². The number of aliphatic hydroxyl groups is 1. The second-order valence-electron chi connectivity index (χ2n) is 4.84. The fourth-order valence-corrected chi connectivity index (χ4v) is 2.60. The Hall–Kier alpha value is -1.63. The molecule has 1 heterocycles.